The molecule has 21 heavy (non-hydrogen) atoms. The molecule has 0 saturated heterocycles. The number of rotatable bonds is 6. The largest absolute Gasteiger partial charge is 0.0689 e. The molecular formula is C20H34Si. The second-order valence-electron chi connectivity index (χ2n) is 7.79. The SMILES string of the molecule is CCCc1c(C)c(CCC)c2c(c1CCC)C[Si](C)(C)C2. The van der Waals surface area contributed by atoms with E-state index < -0.39 is 8.07 Å². The number of benzene rings is 1. The highest BCUT2D eigenvalue weighted by atomic mass is 28.3. The first-order valence-corrected chi connectivity index (χ1v) is 12.5. The molecule has 0 aromatic heterocycles. The summed E-state index contributed by atoms with van der Waals surface area (Å²) in [6.45, 7) is 14.6. The van der Waals surface area contributed by atoms with Crippen LogP contribution in [0, 0.1) is 6.92 Å². The highest BCUT2D eigenvalue weighted by molar-refractivity contribution is 6.77. The van der Waals surface area contributed by atoms with Crippen LogP contribution >= 0.6 is 0 Å². The minimum Gasteiger partial charge on any atom is -0.0689 e. The van der Waals surface area contributed by atoms with Crippen molar-refractivity contribution in [3.63, 3.8) is 0 Å². The van der Waals surface area contributed by atoms with Gasteiger partial charge in [0.15, 0.2) is 0 Å². The van der Waals surface area contributed by atoms with Crippen molar-refractivity contribution in [3.8, 4) is 0 Å². The van der Waals surface area contributed by atoms with Crippen LogP contribution in [0.15, 0.2) is 0 Å². The fraction of sp³-hybridized carbons (Fsp3) is 0.700. The Morgan fingerprint density at radius 1 is 0.714 bits per heavy atom. The van der Waals surface area contributed by atoms with E-state index in [0.29, 0.717) is 0 Å². The summed E-state index contributed by atoms with van der Waals surface area (Å²) in [7, 11) is -1.03. The summed E-state index contributed by atoms with van der Waals surface area (Å²) < 4.78 is 0. The summed E-state index contributed by atoms with van der Waals surface area (Å²) in [4.78, 5) is 0. The Kier molecular flexibility index (Phi) is 5.35. The average Bonchev–Trinajstić information content (AvgIpc) is 2.74. The first-order valence-electron chi connectivity index (χ1n) is 9.10. The van der Waals surface area contributed by atoms with E-state index >= 15 is 0 Å². The van der Waals surface area contributed by atoms with Crippen LogP contribution < -0.4 is 0 Å². The lowest BCUT2D eigenvalue weighted by atomic mass is 9.83. The van der Waals surface area contributed by atoms with E-state index in [1.165, 1.54) is 50.6 Å². The van der Waals surface area contributed by atoms with E-state index in [0.717, 1.165) is 0 Å². The molecule has 0 aliphatic carbocycles. The fourth-order valence-electron chi connectivity index (χ4n) is 4.36. The molecule has 1 aliphatic rings. The Morgan fingerprint density at radius 2 is 1.14 bits per heavy atom. The van der Waals surface area contributed by atoms with Crippen molar-refractivity contribution in [2.45, 2.75) is 91.4 Å². The van der Waals surface area contributed by atoms with Gasteiger partial charge < -0.3 is 0 Å². The van der Waals surface area contributed by atoms with Crippen molar-refractivity contribution < 1.29 is 0 Å². The Labute approximate surface area is 133 Å². The highest BCUT2D eigenvalue weighted by Crippen LogP contribution is 2.39. The van der Waals surface area contributed by atoms with Gasteiger partial charge in [0.05, 0.1) is 8.07 Å². The van der Waals surface area contributed by atoms with Gasteiger partial charge in [0.25, 0.3) is 0 Å². The Morgan fingerprint density at radius 3 is 1.67 bits per heavy atom. The Balaban J connectivity index is 2.65. The van der Waals surface area contributed by atoms with Crippen molar-refractivity contribution in [1.29, 1.82) is 0 Å². The van der Waals surface area contributed by atoms with Crippen molar-refractivity contribution in [2.24, 2.45) is 0 Å². The van der Waals surface area contributed by atoms with Crippen LogP contribution in [0.4, 0.5) is 0 Å². The molecule has 0 nitrogen and oxygen atoms in total. The molecule has 1 aliphatic heterocycles. The van der Waals surface area contributed by atoms with Crippen LogP contribution in [0.25, 0.3) is 0 Å². The van der Waals surface area contributed by atoms with E-state index in [2.05, 4.69) is 40.8 Å². The zero-order valence-corrected chi connectivity index (χ0v) is 16.2. The molecule has 1 aromatic carbocycles. The van der Waals surface area contributed by atoms with E-state index in [1.807, 2.05) is 5.56 Å². The molecule has 2 rings (SSSR count). The summed E-state index contributed by atoms with van der Waals surface area (Å²) in [6.07, 6.45) is 7.73. The van der Waals surface area contributed by atoms with Crippen LogP contribution in [0.1, 0.15) is 73.4 Å². The van der Waals surface area contributed by atoms with Gasteiger partial charge in [-0.25, -0.2) is 0 Å². The lowest BCUT2D eigenvalue weighted by molar-refractivity contribution is 0.824. The monoisotopic (exact) mass is 302 g/mol. The molecule has 0 atom stereocenters. The van der Waals surface area contributed by atoms with Crippen LogP contribution in [0.2, 0.25) is 13.1 Å². The molecule has 1 heterocycles. The molecule has 0 fully saturated rings. The third-order valence-electron chi connectivity index (χ3n) is 5.17. The topological polar surface area (TPSA) is 0 Å². The third-order valence-corrected chi connectivity index (χ3v) is 7.79. The molecular weight excluding hydrogens is 268 g/mol. The van der Waals surface area contributed by atoms with E-state index in [4.69, 9.17) is 0 Å². The van der Waals surface area contributed by atoms with Crippen molar-refractivity contribution in [2.75, 3.05) is 0 Å². The fourth-order valence-corrected chi connectivity index (χ4v) is 7.25. The molecule has 0 unspecified atom stereocenters. The minimum absolute atomic E-state index is 1.03. The second kappa shape index (κ2) is 6.69. The molecule has 0 amide bonds. The van der Waals surface area contributed by atoms with Crippen molar-refractivity contribution >= 4 is 8.07 Å². The summed E-state index contributed by atoms with van der Waals surface area (Å²) in [5.74, 6) is 0. The summed E-state index contributed by atoms with van der Waals surface area (Å²) in [5, 5.41) is 0. The first-order chi connectivity index (χ1) is 9.95. The zero-order valence-electron chi connectivity index (χ0n) is 15.2. The van der Waals surface area contributed by atoms with Crippen LogP contribution in [0.5, 0.6) is 0 Å². The number of hydrogen-bond acceptors (Lipinski definition) is 0. The van der Waals surface area contributed by atoms with Crippen LogP contribution in [-0.2, 0) is 31.4 Å². The standard InChI is InChI=1S/C20H34Si/c1-7-10-16-15(4)17(11-8-2)19-13-21(5,6)14-20(19)18(16)12-9-3/h7-14H2,1-6H3. The lowest BCUT2D eigenvalue weighted by Gasteiger charge is -2.22. The van der Waals surface area contributed by atoms with Gasteiger partial charge in [-0.3, -0.25) is 0 Å². The van der Waals surface area contributed by atoms with E-state index in [-0.39, 0.29) is 0 Å². The zero-order chi connectivity index (χ0) is 15.6. The highest BCUT2D eigenvalue weighted by Gasteiger charge is 2.35. The molecule has 0 radical (unpaired) electrons. The smallest absolute Gasteiger partial charge is 0.0561 e. The molecule has 0 spiro atoms. The van der Waals surface area contributed by atoms with Gasteiger partial charge in [0, 0.05) is 0 Å². The normalized spacial score (nSPS) is 16.3. The van der Waals surface area contributed by atoms with Crippen molar-refractivity contribution in [1.82, 2.24) is 0 Å². The Hall–Kier alpha value is -0.563. The molecule has 0 bridgehead atoms. The van der Waals surface area contributed by atoms with Crippen LogP contribution in [0.3, 0.4) is 0 Å². The third kappa shape index (κ3) is 3.28. The predicted octanol–water partition coefficient (Wildman–Crippen LogP) is 5.74. The summed E-state index contributed by atoms with van der Waals surface area (Å²) in [6, 6.07) is 2.87. The van der Waals surface area contributed by atoms with Gasteiger partial charge in [0.1, 0.15) is 0 Å². The minimum atomic E-state index is -1.03. The van der Waals surface area contributed by atoms with Gasteiger partial charge in [-0.15, -0.1) is 0 Å². The maximum atomic E-state index is 2.59. The lowest BCUT2D eigenvalue weighted by Crippen LogP contribution is -2.26. The predicted molar refractivity (Wildman–Crippen MR) is 98.1 cm³/mol. The maximum absolute atomic E-state index is 2.59. The van der Waals surface area contributed by atoms with Gasteiger partial charge >= 0.3 is 0 Å². The van der Waals surface area contributed by atoms with Crippen molar-refractivity contribution in [3.05, 3.63) is 33.4 Å². The van der Waals surface area contributed by atoms with E-state index in [9.17, 15) is 0 Å². The van der Waals surface area contributed by atoms with Gasteiger partial charge in [-0.1, -0.05) is 53.1 Å². The van der Waals surface area contributed by atoms with Gasteiger partial charge in [-0.05, 0) is 71.7 Å². The molecule has 1 aromatic rings. The number of fused-ring (bicyclic) bond motifs is 1. The second-order valence-corrected chi connectivity index (χ2v) is 12.8. The summed E-state index contributed by atoms with van der Waals surface area (Å²) in [5.41, 5.74) is 10.5. The van der Waals surface area contributed by atoms with Gasteiger partial charge in [0.2, 0.25) is 0 Å². The van der Waals surface area contributed by atoms with Gasteiger partial charge in [-0.2, -0.15) is 0 Å². The van der Waals surface area contributed by atoms with Crippen LogP contribution in [-0.4, -0.2) is 8.07 Å². The quantitative estimate of drug-likeness (QED) is 0.588. The molecule has 118 valence electrons. The maximum Gasteiger partial charge on any atom is 0.0561 e. The molecule has 0 N–H and O–H groups in total. The van der Waals surface area contributed by atoms with E-state index in [1.54, 1.807) is 27.8 Å². The summed E-state index contributed by atoms with van der Waals surface area (Å²) >= 11 is 0. The molecule has 0 saturated carbocycles. The number of hydrogen-bond donors (Lipinski definition) is 0. The first kappa shape index (κ1) is 16.8. The molecule has 1 heteroatoms. The average molecular weight is 303 g/mol. The Bertz CT molecular complexity index is 511.